The van der Waals surface area contributed by atoms with E-state index in [0.717, 1.165) is 0 Å². The summed E-state index contributed by atoms with van der Waals surface area (Å²) in [4.78, 5) is 10.1. The molecular weight excluding hydrogens is 185 g/mol. The Balaban J connectivity index is 3.09. The van der Waals surface area contributed by atoms with Crippen molar-refractivity contribution in [3.8, 4) is 0 Å². The summed E-state index contributed by atoms with van der Waals surface area (Å²) in [7, 11) is 0. The lowest BCUT2D eigenvalue weighted by atomic mass is 10.3. The Morgan fingerprint density at radius 1 is 1.27 bits per heavy atom. The molecule has 0 aliphatic rings. The highest BCUT2D eigenvalue weighted by Gasteiger charge is 2.02. The van der Waals surface area contributed by atoms with Gasteiger partial charge in [0.2, 0.25) is 6.41 Å². The van der Waals surface area contributed by atoms with Crippen LogP contribution in [0.4, 0.5) is 5.69 Å². The predicted octanol–water partition coefficient (Wildman–Crippen LogP) is 2.56. The van der Waals surface area contributed by atoms with Crippen LogP contribution in [-0.4, -0.2) is 6.41 Å². The van der Waals surface area contributed by atoms with Crippen LogP contribution in [0.2, 0.25) is 10.0 Å². The van der Waals surface area contributed by atoms with E-state index in [1.54, 1.807) is 18.2 Å². The molecule has 1 aromatic carbocycles. The molecule has 0 bridgehead atoms. The molecule has 0 aliphatic heterocycles. The highest BCUT2D eigenvalue weighted by atomic mass is 35.5. The van der Waals surface area contributed by atoms with Crippen molar-refractivity contribution in [2.24, 2.45) is 0 Å². The summed E-state index contributed by atoms with van der Waals surface area (Å²) >= 11 is 11.4. The second kappa shape index (κ2) is 3.60. The first-order chi connectivity index (χ1) is 5.25. The third-order valence-corrected chi connectivity index (χ3v) is 1.80. The second-order valence-electron chi connectivity index (χ2n) is 1.86. The largest absolute Gasteiger partial charge is 0.326 e. The molecule has 1 rings (SSSR count). The summed E-state index contributed by atoms with van der Waals surface area (Å²) in [5.41, 5.74) is 0.450. The number of halogens is 2. The van der Waals surface area contributed by atoms with Gasteiger partial charge in [-0.15, -0.1) is 0 Å². The minimum absolute atomic E-state index is 0.435. The lowest BCUT2D eigenvalue weighted by Gasteiger charge is -2.02. The van der Waals surface area contributed by atoms with E-state index in [2.05, 4.69) is 5.32 Å². The molecular formula is C7H5Cl2NO. The van der Waals surface area contributed by atoms with Crippen molar-refractivity contribution >= 4 is 35.3 Å². The molecule has 0 aromatic heterocycles. The zero-order valence-corrected chi connectivity index (χ0v) is 6.99. The SMILES string of the molecule is O=CNc1c(Cl)cccc1Cl. The number of hydrogen-bond donors (Lipinski definition) is 1. The highest BCUT2D eigenvalue weighted by molar-refractivity contribution is 6.39. The average molecular weight is 190 g/mol. The summed E-state index contributed by atoms with van der Waals surface area (Å²) in [5, 5.41) is 3.27. The molecule has 1 amide bonds. The van der Waals surface area contributed by atoms with Gasteiger partial charge in [-0.05, 0) is 12.1 Å². The van der Waals surface area contributed by atoms with Crippen molar-refractivity contribution in [3.63, 3.8) is 0 Å². The number of carbonyl (C=O) groups excluding carboxylic acids is 1. The molecule has 1 aromatic rings. The molecule has 4 heteroatoms. The predicted molar refractivity (Wildman–Crippen MR) is 46.1 cm³/mol. The molecule has 2 nitrogen and oxygen atoms in total. The maximum Gasteiger partial charge on any atom is 0.211 e. The van der Waals surface area contributed by atoms with Gasteiger partial charge in [0.05, 0.1) is 15.7 Å². The molecule has 0 fully saturated rings. The Morgan fingerprint density at radius 2 is 1.82 bits per heavy atom. The minimum Gasteiger partial charge on any atom is -0.326 e. The number of amides is 1. The quantitative estimate of drug-likeness (QED) is 0.713. The number of carbonyl (C=O) groups is 1. The Hall–Kier alpha value is -0.730. The number of nitrogens with one attached hydrogen (secondary N) is 1. The van der Waals surface area contributed by atoms with Crippen LogP contribution in [0.15, 0.2) is 18.2 Å². The fraction of sp³-hybridized carbons (Fsp3) is 0. The monoisotopic (exact) mass is 189 g/mol. The van der Waals surface area contributed by atoms with Crippen LogP contribution in [0, 0.1) is 0 Å². The van der Waals surface area contributed by atoms with E-state index >= 15 is 0 Å². The maximum atomic E-state index is 10.1. The molecule has 0 spiro atoms. The first kappa shape index (κ1) is 8.37. The van der Waals surface area contributed by atoms with Crippen molar-refractivity contribution in [2.75, 3.05) is 5.32 Å². The highest BCUT2D eigenvalue weighted by Crippen LogP contribution is 2.28. The molecule has 0 atom stereocenters. The summed E-state index contributed by atoms with van der Waals surface area (Å²) in [6.45, 7) is 0. The summed E-state index contributed by atoms with van der Waals surface area (Å²) < 4.78 is 0. The zero-order chi connectivity index (χ0) is 8.27. The van der Waals surface area contributed by atoms with Gasteiger partial charge in [0.25, 0.3) is 0 Å². The van der Waals surface area contributed by atoms with Gasteiger partial charge in [0.15, 0.2) is 0 Å². The van der Waals surface area contributed by atoms with E-state index in [1.165, 1.54) is 0 Å². The number of para-hydroxylation sites is 1. The molecule has 0 unspecified atom stereocenters. The summed E-state index contributed by atoms with van der Waals surface area (Å²) in [6.07, 6.45) is 0.535. The van der Waals surface area contributed by atoms with Crippen molar-refractivity contribution in [3.05, 3.63) is 28.2 Å². The lowest BCUT2D eigenvalue weighted by Crippen LogP contribution is -1.94. The van der Waals surface area contributed by atoms with Crippen molar-refractivity contribution in [2.45, 2.75) is 0 Å². The van der Waals surface area contributed by atoms with Crippen LogP contribution in [0.5, 0.6) is 0 Å². The first-order valence-corrected chi connectivity index (χ1v) is 3.65. The number of anilines is 1. The summed E-state index contributed by atoms with van der Waals surface area (Å²) in [6, 6.07) is 5.01. The van der Waals surface area contributed by atoms with Gasteiger partial charge in [-0.3, -0.25) is 4.79 Å². The Labute approximate surface area is 74.1 Å². The standard InChI is InChI=1S/C7H5Cl2NO/c8-5-2-1-3-6(9)7(5)10-4-11/h1-4H,(H,10,11). The van der Waals surface area contributed by atoms with Crippen molar-refractivity contribution in [1.82, 2.24) is 0 Å². The molecule has 1 N–H and O–H groups in total. The third kappa shape index (κ3) is 1.85. The topological polar surface area (TPSA) is 29.1 Å². The van der Waals surface area contributed by atoms with Crippen LogP contribution in [-0.2, 0) is 4.79 Å². The van der Waals surface area contributed by atoms with E-state index in [4.69, 9.17) is 23.2 Å². The molecule has 0 aliphatic carbocycles. The van der Waals surface area contributed by atoms with Crippen LogP contribution in [0.25, 0.3) is 0 Å². The molecule has 58 valence electrons. The molecule has 0 heterocycles. The number of hydrogen-bond acceptors (Lipinski definition) is 1. The van der Waals surface area contributed by atoms with Gasteiger partial charge in [-0.1, -0.05) is 29.3 Å². The Kier molecular flexibility index (Phi) is 2.74. The van der Waals surface area contributed by atoms with Crippen LogP contribution >= 0.6 is 23.2 Å². The third-order valence-electron chi connectivity index (χ3n) is 1.17. The van der Waals surface area contributed by atoms with Gasteiger partial charge < -0.3 is 5.32 Å². The number of rotatable bonds is 2. The zero-order valence-electron chi connectivity index (χ0n) is 5.47. The fourth-order valence-corrected chi connectivity index (χ4v) is 1.20. The van der Waals surface area contributed by atoms with Gasteiger partial charge in [0, 0.05) is 0 Å². The Morgan fingerprint density at radius 3 is 2.27 bits per heavy atom. The fourth-order valence-electron chi connectivity index (χ4n) is 0.695. The van der Waals surface area contributed by atoms with Crippen LogP contribution in [0.1, 0.15) is 0 Å². The van der Waals surface area contributed by atoms with Gasteiger partial charge in [0.1, 0.15) is 0 Å². The van der Waals surface area contributed by atoms with E-state index in [-0.39, 0.29) is 0 Å². The molecule has 0 saturated heterocycles. The van der Waals surface area contributed by atoms with Gasteiger partial charge >= 0.3 is 0 Å². The molecule has 0 saturated carbocycles. The average Bonchev–Trinajstić information content (AvgIpc) is 1.97. The minimum atomic E-state index is 0.435. The van der Waals surface area contributed by atoms with Crippen LogP contribution < -0.4 is 5.32 Å². The summed E-state index contributed by atoms with van der Waals surface area (Å²) in [5.74, 6) is 0. The molecule has 11 heavy (non-hydrogen) atoms. The first-order valence-electron chi connectivity index (χ1n) is 2.90. The van der Waals surface area contributed by atoms with Crippen LogP contribution in [0.3, 0.4) is 0 Å². The van der Waals surface area contributed by atoms with Gasteiger partial charge in [-0.2, -0.15) is 0 Å². The number of benzene rings is 1. The van der Waals surface area contributed by atoms with E-state index in [9.17, 15) is 4.79 Å². The van der Waals surface area contributed by atoms with Crippen molar-refractivity contribution < 1.29 is 4.79 Å². The second-order valence-corrected chi connectivity index (χ2v) is 2.67. The van der Waals surface area contributed by atoms with E-state index in [0.29, 0.717) is 22.1 Å². The smallest absolute Gasteiger partial charge is 0.211 e. The van der Waals surface area contributed by atoms with Crippen molar-refractivity contribution in [1.29, 1.82) is 0 Å². The van der Waals surface area contributed by atoms with E-state index < -0.39 is 0 Å². The normalized spacial score (nSPS) is 9.27. The van der Waals surface area contributed by atoms with Gasteiger partial charge in [-0.25, -0.2) is 0 Å². The Bertz CT molecular complexity index is 255. The maximum absolute atomic E-state index is 10.1. The molecule has 0 radical (unpaired) electrons. The lowest BCUT2D eigenvalue weighted by molar-refractivity contribution is -0.105. The van der Waals surface area contributed by atoms with E-state index in [1.807, 2.05) is 0 Å².